The van der Waals surface area contributed by atoms with Crippen LogP contribution in [0.15, 0.2) is 30.3 Å². The van der Waals surface area contributed by atoms with Gasteiger partial charge in [-0.15, -0.1) is 0 Å². The predicted octanol–water partition coefficient (Wildman–Crippen LogP) is 2.91. The fraction of sp³-hybridized carbons (Fsp3) is 0.476. The van der Waals surface area contributed by atoms with E-state index in [0.29, 0.717) is 6.42 Å². The summed E-state index contributed by atoms with van der Waals surface area (Å²) < 4.78 is 0. The van der Waals surface area contributed by atoms with Crippen molar-refractivity contribution >= 4 is 16.6 Å². The molecule has 0 unspecified atom stereocenters. The Morgan fingerprint density at radius 2 is 2.04 bits per heavy atom. The number of rotatable bonds is 2. The summed E-state index contributed by atoms with van der Waals surface area (Å²) in [6, 6.07) is 9.53. The number of benzene rings is 2. The summed E-state index contributed by atoms with van der Waals surface area (Å²) in [5.74, 6) is -0.307. The van der Waals surface area contributed by atoms with Crippen molar-refractivity contribution in [2.45, 2.75) is 44.6 Å². The van der Waals surface area contributed by atoms with Crippen molar-refractivity contribution < 1.29 is 20.1 Å². The second-order valence-electron chi connectivity index (χ2n) is 7.99. The average molecular weight is 340 g/mol. The number of aliphatic hydroxyl groups is 2. The molecule has 4 atom stereocenters. The lowest BCUT2D eigenvalue weighted by Gasteiger charge is -2.46. The van der Waals surface area contributed by atoms with Crippen LogP contribution in [0.2, 0.25) is 0 Å². The lowest BCUT2D eigenvalue weighted by atomic mass is 9.59. The van der Waals surface area contributed by atoms with Gasteiger partial charge in [0.1, 0.15) is 18.0 Å². The van der Waals surface area contributed by atoms with Crippen molar-refractivity contribution in [2.75, 3.05) is 6.61 Å². The number of hydrogen-bond donors (Lipinski definition) is 3. The number of carbonyl (C=O) groups excluding carboxylic acids is 1. The number of Topliss-reactive ketones (excluding diaryl/α,β-unsaturated/α-hetero) is 1. The molecule has 1 fully saturated rings. The second-order valence-corrected chi connectivity index (χ2v) is 7.99. The standard InChI is InChI=1S/C21H24O4/c1-12-9-18-17-5-3-13-10-14(23)4-6-15(13)16(17)7-8-20(18,2)21(12,25)19(24)11-22/h3-6,10,12,18,22-23,25H,7-9,11H2,1-2H3/t12-,18+,20+,21+/m1/s1. The molecule has 0 amide bonds. The molecule has 2 aromatic rings. The zero-order valence-electron chi connectivity index (χ0n) is 14.6. The first-order valence-electron chi connectivity index (χ1n) is 8.94. The third kappa shape index (κ3) is 1.98. The van der Waals surface area contributed by atoms with E-state index in [1.54, 1.807) is 12.1 Å². The van der Waals surface area contributed by atoms with E-state index in [-0.39, 0.29) is 17.6 Å². The van der Waals surface area contributed by atoms with Crippen LogP contribution in [-0.2, 0) is 11.2 Å². The molecule has 2 aromatic carbocycles. The van der Waals surface area contributed by atoms with Gasteiger partial charge in [-0.2, -0.15) is 0 Å². The van der Waals surface area contributed by atoms with Crippen LogP contribution in [0.5, 0.6) is 5.75 Å². The highest BCUT2D eigenvalue weighted by molar-refractivity contribution is 5.91. The molecule has 0 saturated heterocycles. The van der Waals surface area contributed by atoms with Crippen LogP contribution in [-0.4, -0.2) is 33.3 Å². The summed E-state index contributed by atoms with van der Waals surface area (Å²) in [6.07, 6.45) is 2.21. The monoisotopic (exact) mass is 340 g/mol. The Labute approximate surface area is 147 Å². The fourth-order valence-electron chi connectivity index (χ4n) is 5.55. The van der Waals surface area contributed by atoms with Crippen LogP contribution < -0.4 is 0 Å². The van der Waals surface area contributed by atoms with Crippen molar-refractivity contribution in [3.63, 3.8) is 0 Å². The van der Waals surface area contributed by atoms with Crippen LogP contribution >= 0.6 is 0 Å². The first kappa shape index (κ1) is 16.6. The minimum atomic E-state index is -1.48. The molecule has 132 valence electrons. The Morgan fingerprint density at radius 3 is 2.76 bits per heavy atom. The second kappa shape index (κ2) is 5.29. The van der Waals surface area contributed by atoms with E-state index < -0.39 is 23.4 Å². The Kier molecular flexibility index (Phi) is 3.50. The molecule has 4 rings (SSSR count). The quantitative estimate of drug-likeness (QED) is 0.785. The van der Waals surface area contributed by atoms with E-state index in [2.05, 4.69) is 6.07 Å². The van der Waals surface area contributed by atoms with Crippen molar-refractivity contribution in [3.05, 3.63) is 41.5 Å². The molecule has 0 bridgehead atoms. The molecule has 2 aliphatic carbocycles. The molecule has 0 radical (unpaired) electrons. The molecule has 0 aromatic heterocycles. The van der Waals surface area contributed by atoms with Gasteiger partial charge in [-0.05, 0) is 65.1 Å². The first-order chi connectivity index (χ1) is 11.8. The molecule has 3 N–H and O–H groups in total. The van der Waals surface area contributed by atoms with Crippen molar-refractivity contribution in [2.24, 2.45) is 11.3 Å². The number of aliphatic hydroxyl groups excluding tert-OH is 1. The summed E-state index contributed by atoms with van der Waals surface area (Å²) in [4.78, 5) is 12.4. The van der Waals surface area contributed by atoms with Gasteiger partial charge >= 0.3 is 0 Å². The normalized spacial score (nSPS) is 33.9. The Bertz CT molecular complexity index is 874. The number of phenols is 1. The molecule has 1 saturated carbocycles. The van der Waals surface area contributed by atoms with E-state index in [4.69, 9.17) is 0 Å². The largest absolute Gasteiger partial charge is 0.508 e. The van der Waals surface area contributed by atoms with Crippen LogP contribution in [0.3, 0.4) is 0 Å². The number of aryl methyl sites for hydroxylation is 1. The fourth-order valence-corrected chi connectivity index (χ4v) is 5.55. The molecule has 2 aliphatic rings. The summed E-state index contributed by atoms with van der Waals surface area (Å²) in [7, 11) is 0. The molecular formula is C21H24O4. The van der Waals surface area contributed by atoms with Gasteiger partial charge in [-0.3, -0.25) is 4.79 Å². The number of hydrogen-bond acceptors (Lipinski definition) is 4. The minimum Gasteiger partial charge on any atom is -0.508 e. The molecule has 0 aliphatic heterocycles. The van der Waals surface area contributed by atoms with Crippen molar-refractivity contribution in [1.29, 1.82) is 0 Å². The van der Waals surface area contributed by atoms with E-state index >= 15 is 0 Å². The zero-order chi connectivity index (χ0) is 18.0. The number of ketones is 1. The predicted molar refractivity (Wildman–Crippen MR) is 95.6 cm³/mol. The van der Waals surface area contributed by atoms with Crippen LogP contribution in [0, 0.1) is 11.3 Å². The summed E-state index contributed by atoms with van der Waals surface area (Å²) in [5.41, 5.74) is 0.408. The molecule has 25 heavy (non-hydrogen) atoms. The van der Waals surface area contributed by atoms with Gasteiger partial charge in [0.25, 0.3) is 0 Å². The van der Waals surface area contributed by atoms with E-state index in [1.807, 2.05) is 26.0 Å². The van der Waals surface area contributed by atoms with E-state index in [1.165, 1.54) is 11.1 Å². The van der Waals surface area contributed by atoms with Crippen molar-refractivity contribution in [3.8, 4) is 5.75 Å². The maximum Gasteiger partial charge on any atom is 0.190 e. The van der Waals surface area contributed by atoms with Crippen LogP contribution in [0.25, 0.3) is 10.8 Å². The highest BCUT2D eigenvalue weighted by Gasteiger charge is 2.64. The Hall–Kier alpha value is -1.91. The number of phenolic OH excluding ortho intramolecular Hbond substituents is 1. The van der Waals surface area contributed by atoms with Crippen LogP contribution in [0.4, 0.5) is 0 Å². The zero-order valence-corrected chi connectivity index (χ0v) is 14.6. The third-order valence-electron chi connectivity index (χ3n) is 6.93. The average Bonchev–Trinajstić information content (AvgIpc) is 2.81. The molecular weight excluding hydrogens is 316 g/mol. The van der Waals surface area contributed by atoms with Gasteiger partial charge in [-0.25, -0.2) is 0 Å². The molecule has 0 spiro atoms. The summed E-state index contributed by atoms with van der Waals surface area (Å²) >= 11 is 0. The first-order valence-corrected chi connectivity index (χ1v) is 8.94. The minimum absolute atomic E-state index is 0.0879. The highest BCUT2D eigenvalue weighted by atomic mass is 16.3. The molecule has 0 heterocycles. The summed E-state index contributed by atoms with van der Waals surface area (Å²) in [6.45, 7) is 3.29. The number of fused-ring (bicyclic) bond motifs is 5. The highest BCUT2D eigenvalue weighted by Crippen LogP contribution is 2.63. The van der Waals surface area contributed by atoms with Gasteiger partial charge in [0.2, 0.25) is 0 Å². The lowest BCUT2D eigenvalue weighted by Crippen LogP contribution is -2.56. The Balaban J connectivity index is 1.89. The number of aromatic hydroxyl groups is 1. The summed E-state index contributed by atoms with van der Waals surface area (Å²) in [5, 5.41) is 32.6. The van der Waals surface area contributed by atoms with Crippen molar-refractivity contribution in [1.82, 2.24) is 0 Å². The van der Waals surface area contributed by atoms with E-state index in [0.717, 1.165) is 23.6 Å². The number of carbonyl (C=O) groups is 1. The maximum atomic E-state index is 12.4. The molecule has 4 nitrogen and oxygen atoms in total. The third-order valence-corrected chi connectivity index (χ3v) is 6.93. The van der Waals surface area contributed by atoms with Gasteiger partial charge in [0.15, 0.2) is 5.78 Å². The Morgan fingerprint density at radius 1 is 1.28 bits per heavy atom. The van der Waals surface area contributed by atoms with Crippen LogP contribution in [0.1, 0.15) is 43.7 Å². The topological polar surface area (TPSA) is 77.8 Å². The van der Waals surface area contributed by atoms with E-state index in [9.17, 15) is 20.1 Å². The SMILES string of the molecule is C[C@@H]1C[C@H]2c3ccc4cc(O)ccc4c3CC[C@]2(C)[C@@]1(O)C(=O)CO. The maximum absolute atomic E-state index is 12.4. The molecule has 4 heteroatoms. The van der Waals surface area contributed by atoms with Gasteiger partial charge in [0.05, 0.1) is 0 Å². The smallest absolute Gasteiger partial charge is 0.190 e. The lowest BCUT2D eigenvalue weighted by molar-refractivity contribution is -0.159. The van der Waals surface area contributed by atoms with Gasteiger partial charge in [-0.1, -0.05) is 32.0 Å². The van der Waals surface area contributed by atoms with Gasteiger partial charge in [0, 0.05) is 5.41 Å². The van der Waals surface area contributed by atoms with Gasteiger partial charge < -0.3 is 15.3 Å².